The van der Waals surface area contributed by atoms with Crippen LogP contribution in [0.3, 0.4) is 0 Å². The molecule has 1 unspecified atom stereocenters. The minimum atomic E-state index is -0.407. The van der Waals surface area contributed by atoms with Crippen molar-refractivity contribution in [2.45, 2.75) is 25.8 Å². The fourth-order valence-electron chi connectivity index (χ4n) is 1.51. The van der Waals surface area contributed by atoms with E-state index in [-0.39, 0.29) is 11.7 Å². The fraction of sp³-hybridized carbons (Fsp3) is 0.455. The van der Waals surface area contributed by atoms with Gasteiger partial charge in [0.1, 0.15) is 0 Å². The van der Waals surface area contributed by atoms with Gasteiger partial charge in [0.2, 0.25) is 0 Å². The zero-order valence-corrected chi connectivity index (χ0v) is 9.35. The Labute approximate surface area is 94.8 Å². The van der Waals surface area contributed by atoms with E-state index in [0.717, 1.165) is 18.5 Å². The Kier molecular flexibility index (Phi) is 4.72. The Morgan fingerprint density at radius 2 is 2.06 bits per heavy atom. The Morgan fingerprint density at radius 3 is 2.50 bits per heavy atom. The summed E-state index contributed by atoms with van der Waals surface area (Å²) in [6, 6.07) is 6.61. The van der Waals surface area contributed by atoms with Crippen molar-refractivity contribution >= 4 is 11.4 Å². The van der Waals surface area contributed by atoms with Gasteiger partial charge in [-0.2, -0.15) is 0 Å². The Bertz CT molecular complexity index is 338. The highest BCUT2D eigenvalue weighted by molar-refractivity contribution is 5.49. The molecule has 0 heterocycles. The van der Waals surface area contributed by atoms with Crippen LogP contribution in [-0.2, 0) is 0 Å². The lowest BCUT2D eigenvalue weighted by Crippen LogP contribution is -2.28. The number of nitrogens with zero attached hydrogens (tertiary/aromatic N) is 1. The number of anilines is 1. The van der Waals surface area contributed by atoms with Gasteiger partial charge in [-0.15, -0.1) is 0 Å². The summed E-state index contributed by atoms with van der Waals surface area (Å²) in [5.74, 6) is 0. The van der Waals surface area contributed by atoms with Gasteiger partial charge in [-0.1, -0.05) is 13.3 Å². The summed E-state index contributed by atoms with van der Waals surface area (Å²) in [4.78, 5) is 10.1. The lowest BCUT2D eigenvalue weighted by atomic mass is 10.1. The van der Waals surface area contributed by atoms with Gasteiger partial charge in [0.05, 0.1) is 4.92 Å². The Hall–Kier alpha value is -1.62. The van der Waals surface area contributed by atoms with Crippen molar-refractivity contribution in [3.05, 3.63) is 34.4 Å². The number of benzene rings is 1. The first kappa shape index (κ1) is 12.4. The van der Waals surface area contributed by atoms with Gasteiger partial charge in [0.15, 0.2) is 0 Å². The lowest BCUT2D eigenvalue weighted by molar-refractivity contribution is -0.384. The van der Waals surface area contributed by atoms with Crippen molar-refractivity contribution in [2.24, 2.45) is 5.73 Å². The zero-order chi connectivity index (χ0) is 12.0. The van der Waals surface area contributed by atoms with Crippen LogP contribution in [0.15, 0.2) is 24.3 Å². The smallest absolute Gasteiger partial charge is 0.269 e. The third-order valence-corrected chi connectivity index (χ3v) is 2.37. The number of nitro groups is 1. The van der Waals surface area contributed by atoms with Crippen LogP contribution < -0.4 is 11.1 Å². The average Bonchev–Trinajstić information content (AvgIpc) is 2.29. The molecule has 0 fully saturated rings. The Morgan fingerprint density at radius 1 is 1.44 bits per heavy atom. The number of nitro benzene ring substituents is 1. The normalized spacial score (nSPS) is 12.1. The van der Waals surface area contributed by atoms with Crippen molar-refractivity contribution in [1.29, 1.82) is 0 Å². The number of non-ortho nitro benzene ring substituents is 1. The van der Waals surface area contributed by atoms with Crippen molar-refractivity contribution in [2.75, 3.05) is 11.9 Å². The molecule has 0 amide bonds. The molecule has 0 aliphatic rings. The van der Waals surface area contributed by atoms with Gasteiger partial charge in [0.25, 0.3) is 5.69 Å². The van der Waals surface area contributed by atoms with Crippen LogP contribution >= 0.6 is 0 Å². The molecule has 0 radical (unpaired) electrons. The van der Waals surface area contributed by atoms with Crippen LogP contribution in [0.25, 0.3) is 0 Å². The van der Waals surface area contributed by atoms with E-state index in [2.05, 4.69) is 12.2 Å². The maximum absolute atomic E-state index is 10.5. The lowest BCUT2D eigenvalue weighted by Gasteiger charge is -2.16. The molecule has 1 aromatic rings. The molecule has 1 aromatic carbocycles. The molecule has 1 rings (SSSR count). The SMILES string of the molecule is CCCC(CN)Nc1ccc([N+](=O)[O-])cc1. The van der Waals surface area contributed by atoms with Crippen LogP contribution in [-0.4, -0.2) is 17.5 Å². The molecular formula is C11H17N3O2. The van der Waals surface area contributed by atoms with Gasteiger partial charge in [-0.25, -0.2) is 0 Å². The second kappa shape index (κ2) is 6.07. The van der Waals surface area contributed by atoms with Crippen molar-refractivity contribution in [3.63, 3.8) is 0 Å². The van der Waals surface area contributed by atoms with Crippen molar-refractivity contribution in [1.82, 2.24) is 0 Å². The number of rotatable bonds is 6. The highest BCUT2D eigenvalue weighted by atomic mass is 16.6. The van der Waals surface area contributed by atoms with E-state index in [1.54, 1.807) is 12.1 Å². The van der Waals surface area contributed by atoms with E-state index in [0.29, 0.717) is 6.54 Å². The molecule has 0 spiro atoms. The number of hydrogen-bond donors (Lipinski definition) is 2. The summed E-state index contributed by atoms with van der Waals surface area (Å²) in [6.07, 6.45) is 2.05. The minimum absolute atomic E-state index is 0.102. The highest BCUT2D eigenvalue weighted by Crippen LogP contribution is 2.16. The maximum Gasteiger partial charge on any atom is 0.269 e. The standard InChI is InChI=1S/C11H17N3O2/c1-2-3-10(8-12)13-9-4-6-11(7-5-9)14(15)16/h4-7,10,13H,2-3,8,12H2,1H3. The molecule has 3 N–H and O–H groups in total. The molecule has 0 saturated heterocycles. The predicted molar refractivity (Wildman–Crippen MR) is 64.5 cm³/mol. The third kappa shape index (κ3) is 3.51. The first-order valence-electron chi connectivity index (χ1n) is 5.38. The van der Waals surface area contributed by atoms with Crippen LogP contribution in [0.4, 0.5) is 11.4 Å². The Balaban J connectivity index is 2.63. The zero-order valence-electron chi connectivity index (χ0n) is 9.35. The molecule has 0 saturated carbocycles. The van der Waals surface area contributed by atoms with E-state index < -0.39 is 4.92 Å². The van der Waals surface area contributed by atoms with Gasteiger partial charge in [-0.3, -0.25) is 10.1 Å². The summed E-state index contributed by atoms with van der Waals surface area (Å²) >= 11 is 0. The topological polar surface area (TPSA) is 81.2 Å². The summed E-state index contributed by atoms with van der Waals surface area (Å²) < 4.78 is 0. The van der Waals surface area contributed by atoms with Gasteiger partial charge < -0.3 is 11.1 Å². The van der Waals surface area contributed by atoms with Crippen LogP contribution in [0.1, 0.15) is 19.8 Å². The molecule has 5 nitrogen and oxygen atoms in total. The number of nitrogens with two attached hydrogens (primary N) is 1. The van der Waals surface area contributed by atoms with Gasteiger partial charge >= 0.3 is 0 Å². The predicted octanol–water partition coefficient (Wildman–Crippen LogP) is 2.13. The first-order valence-corrected chi connectivity index (χ1v) is 5.38. The summed E-state index contributed by atoms with van der Waals surface area (Å²) in [5.41, 5.74) is 6.59. The monoisotopic (exact) mass is 223 g/mol. The van der Waals surface area contributed by atoms with Crippen LogP contribution in [0.2, 0.25) is 0 Å². The van der Waals surface area contributed by atoms with E-state index in [9.17, 15) is 10.1 Å². The van der Waals surface area contributed by atoms with Gasteiger partial charge in [-0.05, 0) is 18.6 Å². The van der Waals surface area contributed by atoms with E-state index >= 15 is 0 Å². The summed E-state index contributed by atoms with van der Waals surface area (Å²) in [6.45, 7) is 2.66. The number of hydrogen-bond acceptors (Lipinski definition) is 4. The van der Waals surface area contributed by atoms with Gasteiger partial charge in [0, 0.05) is 30.4 Å². The molecular weight excluding hydrogens is 206 g/mol. The van der Waals surface area contributed by atoms with E-state index in [1.807, 2.05) is 0 Å². The molecule has 5 heteroatoms. The molecule has 0 bridgehead atoms. The molecule has 0 aliphatic carbocycles. The quantitative estimate of drug-likeness (QED) is 0.571. The fourth-order valence-corrected chi connectivity index (χ4v) is 1.51. The second-order valence-corrected chi connectivity index (χ2v) is 3.67. The van der Waals surface area contributed by atoms with Crippen LogP contribution in [0, 0.1) is 10.1 Å². The largest absolute Gasteiger partial charge is 0.381 e. The minimum Gasteiger partial charge on any atom is -0.381 e. The van der Waals surface area contributed by atoms with E-state index in [4.69, 9.17) is 5.73 Å². The molecule has 0 aromatic heterocycles. The third-order valence-electron chi connectivity index (χ3n) is 2.37. The molecule has 0 aliphatic heterocycles. The number of nitrogens with one attached hydrogen (secondary N) is 1. The molecule has 88 valence electrons. The molecule has 16 heavy (non-hydrogen) atoms. The second-order valence-electron chi connectivity index (χ2n) is 3.67. The summed E-state index contributed by atoms with van der Waals surface area (Å²) in [7, 11) is 0. The van der Waals surface area contributed by atoms with E-state index in [1.165, 1.54) is 12.1 Å². The van der Waals surface area contributed by atoms with Crippen molar-refractivity contribution < 1.29 is 4.92 Å². The summed E-state index contributed by atoms with van der Waals surface area (Å²) in [5, 5.41) is 13.7. The van der Waals surface area contributed by atoms with Crippen molar-refractivity contribution in [3.8, 4) is 0 Å². The molecule has 1 atom stereocenters. The highest BCUT2D eigenvalue weighted by Gasteiger charge is 2.07. The van der Waals surface area contributed by atoms with Crippen LogP contribution in [0.5, 0.6) is 0 Å². The maximum atomic E-state index is 10.5. The average molecular weight is 223 g/mol. The first-order chi connectivity index (χ1) is 7.67.